The van der Waals surface area contributed by atoms with Gasteiger partial charge in [-0.2, -0.15) is 4.98 Å². The van der Waals surface area contributed by atoms with Crippen molar-refractivity contribution in [2.45, 2.75) is 32.3 Å². The fraction of sp³-hybridized carbons (Fsp3) is 0.385. The molecular weight excluding hydrogens is 280 g/mol. The van der Waals surface area contributed by atoms with Gasteiger partial charge in [0.05, 0.1) is 17.7 Å². The largest absolute Gasteiger partial charge is 0.390 e. The summed E-state index contributed by atoms with van der Waals surface area (Å²) in [5.74, 6) is 0. The first-order valence-corrected chi connectivity index (χ1v) is 8.03. The van der Waals surface area contributed by atoms with E-state index in [0.717, 1.165) is 35.2 Å². The fourth-order valence-corrected chi connectivity index (χ4v) is 5.17. The molecule has 1 N–H and O–H groups in total. The van der Waals surface area contributed by atoms with E-state index in [1.807, 2.05) is 9.78 Å². The van der Waals surface area contributed by atoms with E-state index in [9.17, 15) is 9.90 Å². The van der Waals surface area contributed by atoms with Crippen molar-refractivity contribution in [3.05, 3.63) is 31.9 Å². The number of aryl methyl sites for hydroxylation is 2. The summed E-state index contributed by atoms with van der Waals surface area (Å²) >= 11 is 3.11. The lowest BCUT2D eigenvalue weighted by molar-refractivity contribution is 0.276. The molecule has 1 aliphatic rings. The van der Waals surface area contributed by atoms with Crippen molar-refractivity contribution in [2.24, 2.45) is 0 Å². The van der Waals surface area contributed by atoms with Crippen LogP contribution < -0.4 is 5.56 Å². The van der Waals surface area contributed by atoms with Crippen LogP contribution >= 0.6 is 22.7 Å². The van der Waals surface area contributed by atoms with Gasteiger partial charge in [0, 0.05) is 10.3 Å². The Morgan fingerprint density at radius 2 is 2.21 bits per heavy atom. The maximum absolute atomic E-state index is 12.2. The molecule has 1 aliphatic carbocycles. The molecule has 0 radical (unpaired) electrons. The second-order valence-electron chi connectivity index (χ2n) is 4.81. The van der Waals surface area contributed by atoms with Crippen molar-refractivity contribution in [2.75, 3.05) is 0 Å². The number of rotatable bonds is 1. The molecule has 0 aromatic carbocycles. The third kappa shape index (κ3) is 1.54. The summed E-state index contributed by atoms with van der Waals surface area (Å²) in [5, 5.41) is 12.1. The molecule has 0 spiro atoms. The van der Waals surface area contributed by atoms with Crippen molar-refractivity contribution in [1.82, 2.24) is 9.38 Å². The summed E-state index contributed by atoms with van der Waals surface area (Å²) in [6, 6.07) is 0. The lowest BCUT2D eigenvalue weighted by Crippen LogP contribution is -2.11. The standard InChI is InChI=1S/C13H12N2O2S2/c16-5-7-6-18-13-14-11(17)10-8-3-1-2-4-9(8)19-12(10)15(7)13/h6,16H,1-5H2. The highest BCUT2D eigenvalue weighted by Crippen LogP contribution is 2.35. The summed E-state index contributed by atoms with van der Waals surface area (Å²) in [4.78, 5) is 19.4. The summed E-state index contributed by atoms with van der Waals surface area (Å²) in [6.07, 6.45) is 4.40. The lowest BCUT2D eigenvalue weighted by atomic mass is 9.97. The minimum atomic E-state index is -0.110. The van der Waals surface area contributed by atoms with Crippen molar-refractivity contribution in [3.8, 4) is 0 Å². The van der Waals surface area contributed by atoms with Gasteiger partial charge in [0.15, 0.2) is 4.96 Å². The third-order valence-electron chi connectivity index (χ3n) is 3.71. The van der Waals surface area contributed by atoms with Gasteiger partial charge in [-0.1, -0.05) is 0 Å². The maximum atomic E-state index is 12.2. The average Bonchev–Trinajstić information content (AvgIpc) is 2.98. The predicted molar refractivity (Wildman–Crippen MR) is 77.3 cm³/mol. The summed E-state index contributed by atoms with van der Waals surface area (Å²) in [6.45, 7) is -0.0256. The van der Waals surface area contributed by atoms with E-state index in [1.54, 1.807) is 11.3 Å². The summed E-state index contributed by atoms with van der Waals surface area (Å²) in [5.41, 5.74) is 1.91. The maximum Gasteiger partial charge on any atom is 0.282 e. The van der Waals surface area contributed by atoms with E-state index in [2.05, 4.69) is 4.98 Å². The Balaban J connectivity index is 2.23. The van der Waals surface area contributed by atoms with Crippen LogP contribution in [-0.4, -0.2) is 14.5 Å². The first kappa shape index (κ1) is 11.6. The average molecular weight is 292 g/mol. The van der Waals surface area contributed by atoms with Crippen molar-refractivity contribution in [1.29, 1.82) is 0 Å². The van der Waals surface area contributed by atoms with Crippen LogP contribution in [0.3, 0.4) is 0 Å². The molecule has 4 rings (SSSR count). The number of thiophene rings is 1. The van der Waals surface area contributed by atoms with Gasteiger partial charge in [-0.15, -0.1) is 22.7 Å². The molecule has 0 saturated heterocycles. The molecule has 19 heavy (non-hydrogen) atoms. The predicted octanol–water partition coefficient (Wildman–Crippen LogP) is 2.34. The molecular formula is C13H12N2O2S2. The zero-order chi connectivity index (χ0) is 13.0. The normalized spacial score (nSPS) is 15.2. The molecule has 0 bridgehead atoms. The number of hydrogen-bond donors (Lipinski definition) is 1. The smallest absolute Gasteiger partial charge is 0.282 e. The molecule has 0 amide bonds. The van der Waals surface area contributed by atoms with Gasteiger partial charge in [-0.05, 0) is 31.2 Å². The molecule has 98 valence electrons. The van der Waals surface area contributed by atoms with E-state index in [1.165, 1.54) is 28.2 Å². The van der Waals surface area contributed by atoms with E-state index in [0.29, 0.717) is 4.96 Å². The molecule has 4 nitrogen and oxygen atoms in total. The molecule has 0 saturated carbocycles. The molecule has 0 fully saturated rings. The first-order chi connectivity index (χ1) is 9.29. The minimum Gasteiger partial charge on any atom is -0.390 e. The van der Waals surface area contributed by atoms with Crippen molar-refractivity contribution >= 4 is 37.9 Å². The Kier molecular flexibility index (Phi) is 2.51. The molecule has 3 aromatic rings. The van der Waals surface area contributed by atoms with Gasteiger partial charge in [-0.3, -0.25) is 9.20 Å². The lowest BCUT2D eigenvalue weighted by Gasteiger charge is -2.09. The third-order valence-corrected chi connectivity index (χ3v) is 5.86. The number of thiazole rings is 1. The van der Waals surface area contributed by atoms with Crippen LogP contribution in [0, 0.1) is 0 Å². The number of hydrogen-bond acceptors (Lipinski definition) is 5. The highest BCUT2D eigenvalue weighted by Gasteiger charge is 2.21. The topological polar surface area (TPSA) is 54.6 Å². The Hall–Kier alpha value is -1.24. The van der Waals surface area contributed by atoms with Gasteiger partial charge in [0.1, 0.15) is 4.83 Å². The number of nitrogens with zero attached hydrogens (tertiary/aromatic N) is 2. The van der Waals surface area contributed by atoms with Crippen molar-refractivity contribution < 1.29 is 5.11 Å². The van der Waals surface area contributed by atoms with E-state index in [4.69, 9.17) is 0 Å². The van der Waals surface area contributed by atoms with Gasteiger partial charge in [0.25, 0.3) is 5.56 Å². The number of fused-ring (bicyclic) bond motifs is 5. The van der Waals surface area contributed by atoms with E-state index >= 15 is 0 Å². The minimum absolute atomic E-state index is 0.0256. The quantitative estimate of drug-likeness (QED) is 0.749. The molecule has 0 aliphatic heterocycles. The number of aromatic nitrogens is 2. The van der Waals surface area contributed by atoms with Crippen molar-refractivity contribution in [3.63, 3.8) is 0 Å². The molecule has 0 atom stereocenters. The van der Waals surface area contributed by atoms with Crippen LogP contribution in [0.1, 0.15) is 29.0 Å². The monoisotopic (exact) mass is 292 g/mol. The summed E-state index contributed by atoms with van der Waals surface area (Å²) in [7, 11) is 0. The second kappa shape index (κ2) is 4.13. The van der Waals surface area contributed by atoms with E-state index < -0.39 is 0 Å². The number of aliphatic hydroxyl groups is 1. The highest BCUT2D eigenvalue weighted by molar-refractivity contribution is 7.19. The van der Waals surface area contributed by atoms with Gasteiger partial charge < -0.3 is 5.11 Å². The summed E-state index contributed by atoms with van der Waals surface area (Å²) < 4.78 is 1.95. The fourth-order valence-electron chi connectivity index (χ4n) is 2.82. The van der Waals surface area contributed by atoms with Crippen LogP contribution in [-0.2, 0) is 19.4 Å². The Labute approximate surface area is 117 Å². The Bertz CT molecular complexity index is 844. The zero-order valence-corrected chi connectivity index (χ0v) is 11.8. The van der Waals surface area contributed by atoms with Crippen LogP contribution in [0.5, 0.6) is 0 Å². The van der Waals surface area contributed by atoms with Gasteiger partial charge in [0.2, 0.25) is 0 Å². The zero-order valence-electron chi connectivity index (χ0n) is 10.2. The molecule has 6 heteroatoms. The van der Waals surface area contributed by atoms with Crippen LogP contribution in [0.15, 0.2) is 10.2 Å². The molecule has 3 heterocycles. The van der Waals surface area contributed by atoms with Gasteiger partial charge in [-0.25, -0.2) is 0 Å². The van der Waals surface area contributed by atoms with Gasteiger partial charge >= 0.3 is 0 Å². The second-order valence-corrected chi connectivity index (χ2v) is 6.73. The van der Waals surface area contributed by atoms with Crippen LogP contribution in [0.25, 0.3) is 15.2 Å². The van der Waals surface area contributed by atoms with Crippen LogP contribution in [0.2, 0.25) is 0 Å². The number of aliphatic hydroxyl groups excluding tert-OH is 1. The SMILES string of the molecule is O=c1nc2scc(CO)n2c2sc3c(c12)CCCC3. The highest BCUT2D eigenvalue weighted by atomic mass is 32.1. The van der Waals surface area contributed by atoms with Crippen LogP contribution in [0.4, 0.5) is 0 Å². The molecule has 0 unspecified atom stereocenters. The Morgan fingerprint density at radius 1 is 1.37 bits per heavy atom. The first-order valence-electron chi connectivity index (χ1n) is 6.34. The molecule has 3 aromatic heterocycles. The Morgan fingerprint density at radius 3 is 3.05 bits per heavy atom. The van der Waals surface area contributed by atoms with E-state index in [-0.39, 0.29) is 12.2 Å².